The molecule has 0 saturated heterocycles. The summed E-state index contributed by atoms with van der Waals surface area (Å²) in [7, 11) is 0. The molecule has 0 unspecified atom stereocenters. The number of nitrogens with zero attached hydrogens (tertiary/aromatic N) is 3. The van der Waals surface area contributed by atoms with Crippen molar-refractivity contribution in [3.63, 3.8) is 0 Å². The molecule has 0 bridgehead atoms. The highest BCUT2D eigenvalue weighted by molar-refractivity contribution is 6.11. The van der Waals surface area contributed by atoms with Gasteiger partial charge in [0.25, 0.3) is 0 Å². The van der Waals surface area contributed by atoms with E-state index in [0.717, 1.165) is 33.7 Å². The van der Waals surface area contributed by atoms with Crippen LogP contribution in [0.4, 0.5) is 0 Å². The van der Waals surface area contributed by atoms with Crippen LogP contribution in [-0.4, -0.2) is 14.1 Å². The third-order valence-electron chi connectivity index (χ3n) is 8.76. The summed E-state index contributed by atoms with van der Waals surface area (Å²) in [6, 6.07) is 56.2. The van der Waals surface area contributed by atoms with Gasteiger partial charge >= 0.3 is 0 Å². The van der Waals surface area contributed by atoms with Gasteiger partial charge < -0.3 is 9.13 Å². The van der Waals surface area contributed by atoms with Crippen LogP contribution in [0.25, 0.3) is 77.4 Å². The van der Waals surface area contributed by atoms with Crippen LogP contribution in [0.1, 0.15) is 0 Å². The lowest BCUT2D eigenvalue weighted by molar-refractivity contribution is 1.09. The van der Waals surface area contributed by atoms with Gasteiger partial charge in [-0.2, -0.15) is 0 Å². The number of fused-ring (bicyclic) bond motifs is 6. The minimum Gasteiger partial charge on any atom is -0.308 e. The van der Waals surface area contributed by atoms with E-state index in [1.165, 1.54) is 43.7 Å². The summed E-state index contributed by atoms with van der Waals surface area (Å²) in [5.41, 5.74) is 11.1. The highest BCUT2D eigenvalue weighted by Crippen LogP contribution is 2.38. The normalized spacial score (nSPS) is 11.6. The van der Waals surface area contributed by atoms with Gasteiger partial charge in [0, 0.05) is 27.1 Å². The highest BCUT2D eigenvalue weighted by Gasteiger charge is 2.19. The minimum atomic E-state index is 0.943. The van der Waals surface area contributed by atoms with Gasteiger partial charge in [-0.1, -0.05) is 121 Å². The topological polar surface area (TPSA) is 22.8 Å². The summed E-state index contributed by atoms with van der Waals surface area (Å²) >= 11 is 0. The van der Waals surface area contributed by atoms with Crippen LogP contribution in [-0.2, 0) is 0 Å². The Morgan fingerprint density at radius 1 is 0.364 bits per heavy atom. The van der Waals surface area contributed by atoms with E-state index in [1.807, 2.05) is 6.20 Å². The van der Waals surface area contributed by atoms with Crippen molar-refractivity contribution in [2.45, 2.75) is 0 Å². The fourth-order valence-electron chi connectivity index (χ4n) is 6.82. The van der Waals surface area contributed by atoms with Crippen molar-refractivity contribution in [3.8, 4) is 33.8 Å². The first-order valence-corrected chi connectivity index (χ1v) is 15.0. The van der Waals surface area contributed by atoms with Crippen molar-refractivity contribution in [3.05, 3.63) is 164 Å². The Bertz CT molecular complexity index is 2390. The van der Waals surface area contributed by atoms with Gasteiger partial charge in [-0.15, -0.1) is 0 Å². The Morgan fingerprint density at radius 3 is 1.39 bits per heavy atom. The Kier molecular flexibility index (Phi) is 5.50. The summed E-state index contributed by atoms with van der Waals surface area (Å²) in [4.78, 5) is 5.28. The molecule has 0 N–H and O–H groups in total. The number of aromatic nitrogens is 3. The van der Waals surface area contributed by atoms with Crippen molar-refractivity contribution >= 4 is 43.6 Å². The Morgan fingerprint density at radius 2 is 0.818 bits per heavy atom. The second kappa shape index (κ2) is 9.82. The molecule has 3 heterocycles. The summed E-state index contributed by atoms with van der Waals surface area (Å²) in [5, 5.41) is 4.94. The molecule has 0 spiro atoms. The molecule has 0 fully saturated rings. The molecule has 0 aliphatic rings. The van der Waals surface area contributed by atoms with Crippen LogP contribution in [0.2, 0.25) is 0 Å². The highest BCUT2D eigenvalue weighted by atomic mass is 15.0. The van der Waals surface area contributed by atoms with Gasteiger partial charge in [0.05, 0.1) is 45.3 Å². The van der Waals surface area contributed by atoms with E-state index < -0.39 is 0 Å². The average molecular weight is 562 g/mol. The molecule has 0 aliphatic heterocycles. The number of benzene rings is 6. The number of pyridine rings is 1. The molecular formula is C41H27N3. The summed E-state index contributed by atoms with van der Waals surface area (Å²) in [6.07, 6.45) is 2.03. The second-order valence-electron chi connectivity index (χ2n) is 11.2. The molecule has 3 nitrogen and oxygen atoms in total. The maximum absolute atomic E-state index is 5.28. The van der Waals surface area contributed by atoms with E-state index in [9.17, 15) is 0 Å². The molecule has 0 atom stereocenters. The van der Waals surface area contributed by atoms with Crippen molar-refractivity contribution in [1.29, 1.82) is 0 Å². The zero-order valence-corrected chi connectivity index (χ0v) is 23.9. The smallest absolute Gasteiger partial charge is 0.0944 e. The van der Waals surface area contributed by atoms with Crippen LogP contribution in [0.15, 0.2) is 164 Å². The van der Waals surface area contributed by atoms with E-state index in [0.29, 0.717) is 0 Å². The maximum atomic E-state index is 5.28. The Hall–Kier alpha value is -5.93. The van der Waals surface area contributed by atoms with Crippen molar-refractivity contribution in [2.75, 3.05) is 0 Å². The molecule has 9 aromatic rings. The van der Waals surface area contributed by atoms with Gasteiger partial charge in [-0.3, -0.25) is 4.98 Å². The molecular weight excluding hydrogens is 534 g/mol. The van der Waals surface area contributed by atoms with Crippen molar-refractivity contribution < 1.29 is 0 Å². The van der Waals surface area contributed by atoms with Gasteiger partial charge in [0.1, 0.15) is 0 Å². The molecule has 44 heavy (non-hydrogen) atoms. The first kappa shape index (κ1) is 24.6. The first-order chi connectivity index (χ1) is 21.8. The van der Waals surface area contributed by atoms with Crippen LogP contribution in [0.5, 0.6) is 0 Å². The fraction of sp³-hybridized carbons (Fsp3) is 0. The largest absolute Gasteiger partial charge is 0.308 e. The van der Waals surface area contributed by atoms with Crippen LogP contribution < -0.4 is 0 Å². The lowest BCUT2D eigenvalue weighted by atomic mass is 10.0. The molecule has 0 radical (unpaired) electrons. The number of hydrogen-bond donors (Lipinski definition) is 0. The first-order valence-electron chi connectivity index (χ1n) is 15.0. The summed E-state index contributed by atoms with van der Waals surface area (Å²) in [6.45, 7) is 0. The molecule has 0 amide bonds. The minimum absolute atomic E-state index is 0.943. The molecule has 3 heteroatoms. The zero-order chi connectivity index (χ0) is 29.0. The number of para-hydroxylation sites is 4. The lowest BCUT2D eigenvalue weighted by Crippen LogP contribution is -2.03. The molecule has 6 aromatic carbocycles. The Labute approximate surface area is 254 Å². The standard InChI is InChI=1S/C41H27N3/c1-2-13-28(14-3-1)29-15-12-16-30(25-29)41-40(44-38-23-10-6-19-34(38)35-20-7-11-24-39(35)44)26-31(27-42-41)43-36-21-8-4-17-32(36)33-18-5-9-22-37(33)43/h1-27H. The zero-order valence-electron chi connectivity index (χ0n) is 23.9. The van der Waals surface area contributed by atoms with Gasteiger partial charge in [-0.05, 0) is 47.5 Å². The maximum Gasteiger partial charge on any atom is 0.0944 e. The van der Waals surface area contributed by atoms with E-state index in [-0.39, 0.29) is 0 Å². The van der Waals surface area contributed by atoms with Gasteiger partial charge in [0.15, 0.2) is 0 Å². The van der Waals surface area contributed by atoms with E-state index in [1.54, 1.807) is 0 Å². The van der Waals surface area contributed by atoms with E-state index in [2.05, 4.69) is 167 Å². The second-order valence-corrected chi connectivity index (χ2v) is 11.2. The van der Waals surface area contributed by atoms with E-state index in [4.69, 9.17) is 4.98 Å². The van der Waals surface area contributed by atoms with Crippen molar-refractivity contribution in [2.24, 2.45) is 0 Å². The fourth-order valence-corrected chi connectivity index (χ4v) is 6.82. The number of rotatable bonds is 4. The molecule has 0 saturated carbocycles. The quantitative estimate of drug-likeness (QED) is 0.210. The third kappa shape index (κ3) is 3.73. The Balaban J connectivity index is 1.38. The molecule has 0 aliphatic carbocycles. The predicted octanol–water partition coefficient (Wildman–Crippen LogP) is 10.6. The summed E-state index contributed by atoms with van der Waals surface area (Å²) < 4.78 is 4.73. The monoisotopic (exact) mass is 561 g/mol. The predicted molar refractivity (Wildman–Crippen MR) is 184 cm³/mol. The van der Waals surface area contributed by atoms with Crippen LogP contribution in [0.3, 0.4) is 0 Å². The average Bonchev–Trinajstić information content (AvgIpc) is 3.62. The molecule has 206 valence electrons. The van der Waals surface area contributed by atoms with E-state index >= 15 is 0 Å². The van der Waals surface area contributed by atoms with Crippen LogP contribution >= 0.6 is 0 Å². The van der Waals surface area contributed by atoms with Crippen molar-refractivity contribution in [1.82, 2.24) is 14.1 Å². The molecule has 9 rings (SSSR count). The number of hydrogen-bond acceptors (Lipinski definition) is 1. The van der Waals surface area contributed by atoms with Gasteiger partial charge in [0.2, 0.25) is 0 Å². The van der Waals surface area contributed by atoms with Crippen LogP contribution in [0, 0.1) is 0 Å². The van der Waals surface area contributed by atoms with Gasteiger partial charge in [-0.25, -0.2) is 0 Å². The third-order valence-corrected chi connectivity index (χ3v) is 8.76. The lowest BCUT2D eigenvalue weighted by Gasteiger charge is -2.17. The molecule has 3 aromatic heterocycles. The summed E-state index contributed by atoms with van der Waals surface area (Å²) in [5.74, 6) is 0. The SMILES string of the molecule is c1ccc(-c2cccc(-c3ncc(-n4c5ccccc5c5ccccc54)cc3-n3c4ccccc4c4ccccc43)c2)cc1.